The van der Waals surface area contributed by atoms with Gasteiger partial charge in [0, 0.05) is 31.9 Å². The van der Waals surface area contributed by atoms with Crippen LogP contribution in [0.15, 0.2) is 54.6 Å². The summed E-state index contributed by atoms with van der Waals surface area (Å²) in [6.07, 6.45) is 3.78. The van der Waals surface area contributed by atoms with Crippen LogP contribution < -0.4 is 10.1 Å². The second kappa shape index (κ2) is 9.97. The Balaban J connectivity index is 1.44. The fourth-order valence-corrected chi connectivity index (χ4v) is 3.19. The number of benzene rings is 2. The third kappa shape index (κ3) is 6.00. The van der Waals surface area contributed by atoms with E-state index in [9.17, 15) is 4.79 Å². The summed E-state index contributed by atoms with van der Waals surface area (Å²) >= 11 is 0. The normalized spacial score (nSPS) is 14.8. The van der Waals surface area contributed by atoms with Crippen molar-refractivity contribution in [1.29, 1.82) is 0 Å². The van der Waals surface area contributed by atoms with E-state index in [1.807, 2.05) is 59.5 Å². The number of nitrogens with one attached hydrogen (secondary N) is 1. The van der Waals surface area contributed by atoms with E-state index in [1.165, 1.54) is 19.3 Å². The highest BCUT2D eigenvalue weighted by Crippen LogP contribution is 2.22. The number of nitrogens with zero attached hydrogens (tertiary/aromatic N) is 2. The smallest absolute Gasteiger partial charge is 0.321 e. The third-order valence-corrected chi connectivity index (χ3v) is 4.82. The van der Waals surface area contributed by atoms with Gasteiger partial charge < -0.3 is 15.0 Å². The first-order chi connectivity index (χ1) is 13.2. The van der Waals surface area contributed by atoms with E-state index in [1.54, 1.807) is 0 Å². The maximum absolute atomic E-state index is 12.5. The minimum absolute atomic E-state index is 0.0278. The van der Waals surface area contributed by atoms with Crippen molar-refractivity contribution in [3.05, 3.63) is 54.6 Å². The molecule has 0 unspecified atom stereocenters. The molecule has 1 aliphatic heterocycles. The fraction of sp³-hybridized carbons (Fsp3) is 0.409. The Bertz CT molecular complexity index is 695. The Labute approximate surface area is 161 Å². The van der Waals surface area contributed by atoms with Crippen molar-refractivity contribution in [3.63, 3.8) is 0 Å². The van der Waals surface area contributed by atoms with E-state index >= 15 is 0 Å². The van der Waals surface area contributed by atoms with Gasteiger partial charge in [0.25, 0.3) is 0 Å². The van der Waals surface area contributed by atoms with Crippen molar-refractivity contribution in [2.24, 2.45) is 0 Å². The molecule has 144 valence electrons. The standard InChI is InChI=1S/C22H29N3O2/c1-2-3-7-14-24-15-17-25(18-16-24)22(26)23-19-10-12-21(13-11-19)27-20-8-5-4-6-9-20/h4-6,8-13H,2-3,7,14-18H2,1H3,(H,23,26). The zero-order chi connectivity index (χ0) is 18.9. The lowest BCUT2D eigenvalue weighted by molar-refractivity contribution is 0.146. The van der Waals surface area contributed by atoms with Crippen molar-refractivity contribution in [2.75, 3.05) is 38.0 Å². The van der Waals surface area contributed by atoms with Crippen molar-refractivity contribution >= 4 is 11.7 Å². The molecule has 3 rings (SSSR count). The number of anilines is 1. The largest absolute Gasteiger partial charge is 0.457 e. The number of para-hydroxylation sites is 1. The molecular weight excluding hydrogens is 338 g/mol. The van der Waals surface area contributed by atoms with Gasteiger partial charge in [-0.05, 0) is 49.4 Å². The summed E-state index contributed by atoms with van der Waals surface area (Å²) in [5, 5.41) is 2.98. The molecule has 5 heteroatoms. The Hall–Kier alpha value is -2.53. The summed E-state index contributed by atoms with van der Waals surface area (Å²) in [4.78, 5) is 16.8. The Morgan fingerprint density at radius 3 is 2.26 bits per heavy atom. The minimum atomic E-state index is -0.0278. The van der Waals surface area contributed by atoms with Crippen LogP contribution in [0, 0.1) is 0 Å². The lowest BCUT2D eigenvalue weighted by atomic mass is 10.2. The van der Waals surface area contributed by atoms with Crippen molar-refractivity contribution < 1.29 is 9.53 Å². The molecule has 2 aromatic rings. The van der Waals surface area contributed by atoms with E-state index in [-0.39, 0.29) is 6.03 Å². The van der Waals surface area contributed by atoms with Gasteiger partial charge in [0.15, 0.2) is 0 Å². The maximum Gasteiger partial charge on any atom is 0.321 e. The SMILES string of the molecule is CCCCCN1CCN(C(=O)Nc2ccc(Oc3ccccc3)cc2)CC1. The first-order valence-corrected chi connectivity index (χ1v) is 9.86. The van der Waals surface area contributed by atoms with Gasteiger partial charge in [-0.3, -0.25) is 4.90 Å². The summed E-state index contributed by atoms with van der Waals surface area (Å²) in [6, 6.07) is 17.1. The molecule has 0 aromatic heterocycles. The first-order valence-electron chi connectivity index (χ1n) is 9.86. The summed E-state index contributed by atoms with van der Waals surface area (Å²) in [7, 11) is 0. The number of hydrogen-bond donors (Lipinski definition) is 1. The second-order valence-electron chi connectivity index (χ2n) is 6.91. The molecule has 27 heavy (non-hydrogen) atoms. The number of carbonyl (C=O) groups excluding carboxylic acids is 1. The van der Waals surface area contributed by atoms with E-state index in [2.05, 4.69) is 17.1 Å². The van der Waals surface area contributed by atoms with Gasteiger partial charge in [-0.2, -0.15) is 0 Å². The average molecular weight is 367 g/mol. The van der Waals surface area contributed by atoms with Gasteiger partial charge >= 0.3 is 6.03 Å². The lowest BCUT2D eigenvalue weighted by Crippen LogP contribution is -2.50. The number of amides is 2. The second-order valence-corrected chi connectivity index (χ2v) is 6.91. The van der Waals surface area contributed by atoms with E-state index < -0.39 is 0 Å². The highest BCUT2D eigenvalue weighted by Gasteiger charge is 2.20. The maximum atomic E-state index is 12.5. The molecule has 0 spiro atoms. The van der Waals surface area contributed by atoms with Gasteiger partial charge in [-0.15, -0.1) is 0 Å². The molecule has 2 amide bonds. The number of rotatable bonds is 7. The Kier molecular flexibility index (Phi) is 7.11. The van der Waals surface area contributed by atoms with Crippen LogP contribution in [0.5, 0.6) is 11.5 Å². The van der Waals surface area contributed by atoms with Crippen LogP contribution in [-0.4, -0.2) is 48.6 Å². The van der Waals surface area contributed by atoms with E-state index in [0.717, 1.165) is 49.9 Å². The van der Waals surface area contributed by atoms with Gasteiger partial charge in [-0.25, -0.2) is 4.79 Å². The molecule has 5 nitrogen and oxygen atoms in total. The van der Waals surface area contributed by atoms with Gasteiger partial charge in [-0.1, -0.05) is 38.0 Å². The Morgan fingerprint density at radius 1 is 0.926 bits per heavy atom. The predicted octanol–water partition coefficient (Wildman–Crippen LogP) is 4.82. The van der Waals surface area contributed by atoms with Crippen molar-refractivity contribution in [3.8, 4) is 11.5 Å². The molecule has 1 aliphatic rings. The number of unbranched alkanes of at least 4 members (excludes halogenated alkanes) is 2. The Morgan fingerprint density at radius 2 is 1.59 bits per heavy atom. The quantitative estimate of drug-likeness (QED) is 0.714. The summed E-state index contributed by atoms with van der Waals surface area (Å²) < 4.78 is 5.78. The molecule has 1 fully saturated rings. The van der Waals surface area contributed by atoms with Crippen LogP contribution in [0.4, 0.5) is 10.5 Å². The monoisotopic (exact) mass is 367 g/mol. The molecule has 0 aliphatic carbocycles. The van der Waals surface area contributed by atoms with Crippen LogP contribution in [0.1, 0.15) is 26.2 Å². The number of carbonyl (C=O) groups is 1. The van der Waals surface area contributed by atoms with E-state index in [0.29, 0.717) is 0 Å². The molecule has 0 saturated carbocycles. The third-order valence-electron chi connectivity index (χ3n) is 4.82. The van der Waals surface area contributed by atoms with Gasteiger partial charge in [0.2, 0.25) is 0 Å². The molecule has 1 saturated heterocycles. The van der Waals surface area contributed by atoms with Crippen molar-refractivity contribution in [1.82, 2.24) is 9.80 Å². The predicted molar refractivity (Wildman–Crippen MR) is 110 cm³/mol. The molecule has 2 aromatic carbocycles. The number of hydrogen-bond acceptors (Lipinski definition) is 3. The zero-order valence-electron chi connectivity index (χ0n) is 16.1. The topological polar surface area (TPSA) is 44.8 Å². The van der Waals surface area contributed by atoms with Crippen LogP contribution in [0.25, 0.3) is 0 Å². The molecule has 1 N–H and O–H groups in total. The van der Waals surface area contributed by atoms with Crippen LogP contribution in [0.2, 0.25) is 0 Å². The molecular formula is C22H29N3O2. The van der Waals surface area contributed by atoms with Crippen molar-refractivity contribution in [2.45, 2.75) is 26.2 Å². The van der Waals surface area contributed by atoms with Gasteiger partial charge in [0.05, 0.1) is 0 Å². The van der Waals surface area contributed by atoms with Gasteiger partial charge in [0.1, 0.15) is 11.5 Å². The molecule has 0 bridgehead atoms. The van der Waals surface area contributed by atoms with Crippen LogP contribution >= 0.6 is 0 Å². The highest BCUT2D eigenvalue weighted by molar-refractivity contribution is 5.89. The molecule has 0 atom stereocenters. The number of piperazine rings is 1. The average Bonchev–Trinajstić information content (AvgIpc) is 2.71. The fourth-order valence-electron chi connectivity index (χ4n) is 3.19. The number of urea groups is 1. The highest BCUT2D eigenvalue weighted by atomic mass is 16.5. The zero-order valence-corrected chi connectivity index (χ0v) is 16.1. The van der Waals surface area contributed by atoms with Crippen LogP contribution in [-0.2, 0) is 0 Å². The summed E-state index contributed by atoms with van der Waals surface area (Å²) in [5.41, 5.74) is 0.783. The molecule has 1 heterocycles. The number of ether oxygens (including phenoxy) is 1. The minimum Gasteiger partial charge on any atom is -0.457 e. The van der Waals surface area contributed by atoms with E-state index in [4.69, 9.17) is 4.74 Å². The first kappa shape index (κ1) is 19.2. The molecule has 0 radical (unpaired) electrons. The van der Waals surface area contributed by atoms with Crippen LogP contribution in [0.3, 0.4) is 0 Å². The summed E-state index contributed by atoms with van der Waals surface area (Å²) in [5.74, 6) is 1.55. The summed E-state index contributed by atoms with van der Waals surface area (Å²) in [6.45, 7) is 6.86. The lowest BCUT2D eigenvalue weighted by Gasteiger charge is -2.34.